The van der Waals surface area contributed by atoms with Crippen LogP contribution in [0.5, 0.6) is 0 Å². The zero-order valence-corrected chi connectivity index (χ0v) is 18.1. The van der Waals surface area contributed by atoms with Crippen LogP contribution in [0, 0.1) is 5.92 Å². The Bertz CT molecular complexity index is 802. The molecule has 7 nitrogen and oxygen atoms in total. The van der Waals surface area contributed by atoms with Crippen LogP contribution in [0.3, 0.4) is 0 Å². The molecule has 0 radical (unpaired) electrons. The molecule has 0 spiro atoms. The number of ether oxygens (including phenoxy) is 1. The summed E-state index contributed by atoms with van der Waals surface area (Å²) in [5.41, 5.74) is 1.02. The summed E-state index contributed by atoms with van der Waals surface area (Å²) < 4.78 is 28.4. The fraction of sp³-hybridized carbons (Fsp3) is 0.600. The molecule has 1 fully saturated rings. The van der Waals surface area contributed by atoms with Crippen LogP contribution in [0.1, 0.15) is 46.1 Å². The molecule has 0 N–H and O–H groups in total. The normalized spacial score (nSPS) is 16.8. The molecule has 1 aliphatic heterocycles. The molecule has 1 aromatic carbocycles. The summed E-state index contributed by atoms with van der Waals surface area (Å²) in [7, 11) is -3.21. The number of carbonyl (C=O) groups is 1. The van der Waals surface area contributed by atoms with E-state index in [0.717, 1.165) is 18.4 Å². The van der Waals surface area contributed by atoms with E-state index in [-0.39, 0.29) is 11.0 Å². The minimum Gasteiger partial charge on any atom is -0.444 e. The van der Waals surface area contributed by atoms with Gasteiger partial charge in [0.2, 0.25) is 0 Å². The first-order valence-corrected chi connectivity index (χ1v) is 11.3. The van der Waals surface area contributed by atoms with Crippen LogP contribution in [-0.2, 0) is 19.4 Å². The van der Waals surface area contributed by atoms with Gasteiger partial charge in [-0.05, 0) is 64.2 Å². The lowest BCUT2D eigenvalue weighted by Gasteiger charge is -2.32. The molecule has 0 saturated carbocycles. The van der Waals surface area contributed by atoms with Crippen molar-refractivity contribution >= 4 is 21.6 Å². The smallest absolute Gasteiger partial charge is 0.410 e. The Morgan fingerprint density at radius 1 is 1.18 bits per heavy atom. The van der Waals surface area contributed by atoms with Gasteiger partial charge in [0.25, 0.3) is 0 Å². The quantitative estimate of drug-likeness (QED) is 0.548. The van der Waals surface area contributed by atoms with Crippen molar-refractivity contribution in [2.75, 3.05) is 26.0 Å². The average molecular weight is 411 g/mol. The molecule has 0 aliphatic carbocycles. The number of amides is 1. The van der Waals surface area contributed by atoms with Crippen molar-refractivity contribution < 1.29 is 22.8 Å². The molecule has 1 aromatic rings. The third-order valence-corrected chi connectivity index (χ3v) is 5.61. The van der Waals surface area contributed by atoms with Crippen molar-refractivity contribution in [1.82, 2.24) is 4.90 Å². The number of nitrogens with zero attached hydrogens (tertiary/aromatic N) is 2. The standard InChI is InChI=1S/C20H30N2O5S/c1-15(17-6-8-18(9-7-17)28(5,24)25)21-26-14-16-10-12-22(13-11-16)19(23)27-20(2,3)4/h6-9,16H,10-14H2,1-5H3/b21-15-. The van der Waals surface area contributed by atoms with Crippen LogP contribution >= 0.6 is 0 Å². The number of hydrogen-bond acceptors (Lipinski definition) is 6. The summed E-state index contributed by atoms with van der Waals surface area (Å²) in [5, 5.41) is 4.14. The van der Waals surface area contributed by atoms with E-state index in [1.807, 2.05) is 27.7 Å². The highest BCUT2D eigenvalue weighted by molar-refractivity contribution is 7.90. The van der Waals surface area contributed by atoms with Gasteiger partial charge in [-0.15, -0.1) is 0 Å². The van der Waals surface area contributed by atoms with Gasteiger partial charge < -0.3 is 14.5 Å². The van der Waals surface area contributed by atoms with Crippen LogP contribution in [0.25, 0.3) is 0 Å². The highest BCUT2D eigenvalue weighted by Crippen LogP contribution is 2.20. The number of rotatable bonds is 5. The Morgan fingerprint density at radius 3 is 2.25 bits per heavy atom. The Hall–Kier alpha value is -2.09. The number of carbonyl (C=O) groups excluding carboxylic acids is 1. The molecule has 1 saturated heterocycles. The highest BCUT2D eigenvalue weighted by atomic mass is 32.2. The lowest BCUT2D eigenvalue weighted by Crippen LogP contribution is -2.42. The Kier molecular flexibility index (Phi) is 7.09. The maximum atomic E-state index is 12.1. The molecular weight excluding hydrogens is 380 g/mol. The van der Waals surface area contributed by atoms with Gasteiger partial charge in [0.05, 0.1) is 10.6 Å². The fourth-order valence-corrected chi connectivity index (χ4v) is 3.47. The van der Waals surface area contributed by atoms with Crippen molar-refractivity contribution in [3.8, 4) is 0 Å². The topological polar surface area (TPSA) is 85.3 Å². The number of hydrogen-bond donors (Lipinski definition) is 0. The second-order valence-corrected chi connectivity index (χ2v) is 10.2. The van der Waals surface area contributed by atoms with E-state index >= 15 is 0 Å². The maximum Gasteiger partial charge on any atom is 0.410 e. The van der Waals surface area contributed by atoms with Crippen molar-refractivity contribution in [3.63, 3.8) is 0 Å². The summed E-state index contributed by atoms with van der Waals surface area (Å²) in [6, 6.07) is 6.57. The van der Waals surface area contributed by atoms with E-state index in [0.29, 0.717) is 31.3 Å². The highest BCUT2D eigenvalue weighted by Gasteiger charge is 2.27. The van der Waals surface area contributed by atoms with Crippen LogP contribution < -0.4 is 0 Å². The lowest BCUT2D eigenvalue weighted by atomic mass is 9.98. The van der Waals surface area contributed by atoms with Gasteiger partial charge in [-0.25, -0.2) is 13.2 Å². The zero-order chi connectivity index (χ0) is 20.9. The average Bonchev–Trinajstić information content (AvgIpc) is 2.60. The zero-order valence-electron chi connectivity index (χ0n) is 17.3. The van der Waals surface area contributed by atoms with Gasteiger partial charge in [-0.1, -0.05) is 17.3 Å². The molecule has 2 rings (SSSR count). The van der Waals surface area contributed by atoms with Gasteiger partial charge in [0.1, 0.15) is 12.2 Å². The third-order valence-electron chi connectivity index (χ3n) is 4.48. The van der Waals surface area contributed by atoms with Gasteiger partial charge in [0.15, 0.2) is 9.84 Å². The Morgan fingerprint density at radius 2 is 1.75 bits per heavy atom. The first kappa shape index (κ1) is 22.2. The minimum absolute atomic E-state index is 0.265. The molecule has 0 aromatic heterocycles. The van der Waals surface area contributed by atoms with Crippen molar-refractivity contribution in [2.24, 2.45) is 11.1 Å². The summed E-state index contributed by atoms with van der Waals surface area (Å²) in [5.74, 6) is 0.336. The summed E-state index contributed by atoms with van der Waals surface area (Å²) in [6.45, 7) is 9.19. The van der Waals surface area contributed by atoms with E-state index in [2.05, 4.69) is 5.16 Å². The molecule has 1 heterocycles. The summed E-state index contributed by atoms with van der Waals surface area (Å²) in [4.78, 5) is 19.6. The van der Waals surface area contributed by atoms with E-state index in [9.17, 15) is 13.2 Å². The second kappa shape index (κ2) is 8.94. The van der Waals surface area contributed by atoms with Crippen LogP contribution in [-0.4, -0.2) is 56.7 Å². The molecule has 156 valence electrons. The largest absolute Gasteiger partial charge is 0.444 e. The van der Waals surface area contributed by atoms with Crippen molar-refractivity contribution in [1.29, 1.82) is 0 Å². The van der Waals surface area contributed by atoms with E-state index in [1.165, 1.54) is 6.26 Å². The van der Waals surface area contributed by atoms with Gasteiger partial charge in [-0.2, -0.15) is 0 Å². The van der Waals surface area contributed by atoms with Crippen molar-refractivity contribution in [2.45, 2.75) is 51.0 Å². The Labute approximate surface area is 167 Å². The molecule has 0 atom stereocenters. The van der Waals surface area contributed by atoms with Crippen LogP contribution in [0.4, 0.5) is 4.79 Å². The predicted octanol–water partition coefficient (Wildman–Crippen LogP) is 3.48. The second-order valence-electron chi connectivity index (χ2n) is 8.18. The summed E-state index contributed by atoms with van der Waals surface area (Å²) >= 11 is 0. The van der Waals surface area contributed by atoms with E-state index in [1.54, 1.807) is 29.2 Å². The molecule has 28 heavy (non-hydrogen) atoms. The van der Waals surface area contributed by atoms with E-state index in [4.69, 9.17) is 9.57 Å². The maximum absolute atomic E-state index is 12.1. The summed E-state index contributed by atoms with van der Waals surface area (Å²) in [6.07, 6.45) is 2.60. The molecule has 0 bridgehead atoms. The van der Waals surface area contributed by atoms with Crippen LogP contribution in [0.15, 0.2) is 34.3 Å². The van der Waals surface area contributed by atoms with Gasteiger partial charge in [-0.3, -0.25) is 0 Å². The number of piperidine rings is 1. The van der Waals surface area contributed by atoms with E-state index < -0.39 is 15.4 Å². The predicted molar refractivity (Wildman–Crippen MR) is 108 cm³/mol. The lowest BCUT2D eigenvalue weighted by molar-refractivity contribution is 0.0121. The number of sulfone groups is 1. The number of benzene rings is 1. The third kappa shape index (κ3) is 6.82. The number of oxime groups is 1. The van der Waals surface area contributed by atoms with Crippen molar-refractivity contribution in [3.05, 3.63) is 29.8 Å². The SMILES string of the molecule is C/C(=N/OCC1CCN(C(=O)OC(C)(C)C)CC1)c1ccc(S(C)(=O)=O)cc1. The van der Waals surface area contributed by atoms with Gasteiger partial charge >= 0.3 is 6.09 Å². The Balaban J connectivity index is 1.80. The molecule has 1 amide bonds. The molecule has 0 unspecified atom stereocenters. The minimum atomic E-state index is -3.21. The first-order chi connectivity index (χ1) is 13.0. The molecular formula is C20H30N2O5S. The first-order valence-electron chi connectivity index (χ1n) is 9.41. The monoisotopic (exact) mass is 410 g/mol. The van der Waals surface area contributed by atoms with Crippen LogP contribution in [0.2, 0.25) is 0 Å². The van der Waals surface area contributed by atoms with Gasteiger partial charge in [0, 0.05) is 19.3 Å². The fourth-order valence-electron chi connectivity index (χ4n) is 2.84. The molecule has 1 aliphatic rings. The number of likely N-dealkylation sites (tertiary alicyclic amines) is 1. The molecule has 8 heteroatoms.